The molecule has 0 unspecified atom stereocenters. The van der Waals surface area contributed by atoms with Gasteiger partial charge >= 0.3 is 0 Å². The number of benzene rings is 1. The van der Waals surface area contributed by atoms with Crippen LogP contribution in [-0.2, 0) is 0 Å². The second-order valence-corrected chi connectivity index (χ2v) is 10.6. The number of likely N-dealkylation sites (tertiary alicyclic amines) is 1. The zero-order valence-electron chi connectivity index (χ0n) is 18.2. The van der Waals surface area contributed by atoms with Crippen LogP contribution >= 0.6 is 11.6 Å². The molecule has 164 valence electrons. The van der Waals surface area contributed by atoms with Crippen molar-refractivity contribution in [3.8, 4) is 0 Å². The third-order valence-corrected chi connectivity index (χ3v) is 7.99. The molecule has 0 atom stereocenters. The first-order valence-corrected chi connectivity index (χ1v) is 11.3. The predicted octanol–water partition coefficient (Wildman–Crippen LogP) is 6.91. The van der Waals surface area contributed by atoms with Gasteiger partial charge in [0.05, 0.1) is 0 Å². The molecule has 30 heavy (non-hydrogen) atoms. The summed E-state index contributed by atoms with van der Waals surface area (Å²) in [6.07, 6.45) is 1.60. The molecule has 2 aromatic rings. The summed E-state index contributed by atoms with van der Waals surface area (Å²) in [5, 5.41) is 1.55. The number of nitrogens with zero attached hydrogens (tertiary/aromatic N) is 1. The molecule has 1 saturated carbocycles. The maximum absolute atomic E-state index is 13.9. The molecule has 1 aromatic heterocycles. The highest BCUT2D eigenvalue weighted by Crippen LogP contribution is 2.57. The van der Waals surface area contributed by atoms with Gasteiger partial charge in [-0.3, -0.25) is 4.79 Å². The van der Waals surface area contributed by atoms with Gasteiger partial charge < -0.3 is 9.88 Å². The van der Waals surface area contributed by atoms with Crippen LogP contribution in [0.1, 0.15) is 70.3 Å². The van der Waals surface area contributed by atoms with E-state index in [-0.39, 0.29) is 41.5 Å². The molecule has 1 amide bonds. The van der Waals surface area contributed by atoms with E-state index in [0.29, 0.717) is 30.1 Å². The van der Waals surface area contributed by atoms with E-state index < -0.39 is 5.92 Å². The molecule has 1 spiro atoms. The van der Waals surface area contributed by atoms with Crippen LogP contribution < -0.4 is 0 Å². The van der Waals surface area contributed by atoms with Crippen molar-refractivity contribution in [2.75, 3.05) is 6.54 Å². The molecular weight excluding hydrogens is 406 g/mol. The summed E-state index contributed by atoms with van der Waals surface area (Å²) in [5.41, 5.74) is 0.799. The molecule has 2 fully saturated rings. The summed E-state index contributed by atoms with van der Waals surface area (Å²) >= 11 is 6.11. The summed E-state index contributed by atoms with van der Waals surface area (Å²) in [4.78, 5) is 19.0. The van der Waals surface area contributed by atoms with Crippen LogP contribution in [0.5, 0.6) is 0 Å². The second-order valence-electron chi connectivity index (χ2n) is 10.1. The maximum Gasteiger partial charge on any atom is 0.270 e. The van der Waals surface area contributed by atoms with E-state index in [1.807, 2.05) is 29.2 Å². The molecule has 1 N–H and O–H groups in total. The number of rotatable bonds is 3. The van der Waals surface area contributed by atoms with Gasteiger partial charge in [0, 0.05) is 40.9 Å². The quantitative estimate of drug-likeness (QED) is 0.557. The van der Waals surface area contributed by atoms with Crippen LogP contribution in [-0.4, -0.2) is 33.8 Å². The third-order valence-electron chi connectivity index (χ3n) is 7.76. The summed E-state index contributed by atoms with van der Waals surface area (Å²) in [6.45, 7) is 9.17. The zero-order valence-corrected chi connectivity index (χ0v) is 19.0. The van der Waals surface area contributed by atoms with Gasteiger partial charge in [0.1, 0.15) is 5.69 Å². The molecular formula is C24H31ClF2N2O. The van der Waals surface area contributed by atoms with Crippen LogP contribution in [0.3, 0.4) is 0 Å². The van der Waals surface area contributed by atoms with Gasteiger partial charge in [-0.25, -0.2) is 8.78 Å². The molecule has 0 bridgehead atoms. The molecule has 1 aliphatic heterocycles. The van der Waals surface area contributed by atoms with Crippen LogP contribution in [0.15, 0.2) is 24.3 Å². The summed E-state index contributed by atoms with van der Waals surface area (Å²) in [5.74, 6) is -2.17. The first kappa shape index (κ1) is 21.6. The van der Waals surface area contributed by atoms with Gasteiger partial charge in [0.15, 0.2) is 0 Å². The zero-order chi connectivity index (χ0) is 21.9. The fourth-order valence-corrected chi connectivity index (χ4v) is 6.21. The van der Waals surface area contributed by atoms with E-state index >= 15 is 0 Å². The molecule has 1 aliphatic carbocycles. The Balaban J connectivity index is 1.73. The Morgan fingerprint density at radius 1 is 1.07 bits per heavy atom. The van der Waals surface area contributed by atoms with Crippen molar-refractivity contribution in [2.45, 2.75) is 71.3 Å². The van der Waals surface area contributed by atoms with Gasteiger partial charge in [-0.15, -0.1) is 0 Å². The summed E-state index contributed by atoms with van der Waals surface area (Å²) in [7, 11) is 0. The Labute approximate surface area is 182 Å². The number of halogens is 3. The number of hydrogen-bond donors (Lipinski definition) is 1. The van der Waals surface area contributed by atoms with E-state index in [1.54, 1.807) is 0 Å². The lowest BCUT2D eigenvalue weighted by Crippen LogP contribution is -2.54. The van der Waals surface area contributed by atoms with Gasteiger partial charge in [-0.1, -0.05) is 45.4 Å². The van der Waals surface area contributed by atoms with Crippen molar-refractivity contribution >= 4 is 28.4 Å². The van der Waals surface area contributed by atoms with Gasteiger partial charge in [0.25, 0.3) is 5.91 Å². The summed E-state index contributed by atoms with van der Waals surface area (Å²) < 4.78 is 27.9. The predicted molar refractivity (Wildman–Crippen MR) is 117 cm³/mol. The van der Waals surface area contributed by atoms with Crippen LogP contribution in [0, 0.1) is 17.3 Å². The lowest BCUT2D eigenvalue weighted by molar-refractivity contribution is -0.0654. The van der Waals surface area contributed by atoms with E-state index in [0.717, 1.165) is 17.3 Å². The highest BCUT2D eigenvalue weighted by molar-refractivity contribution is 6.31. The average molecular weight is 437 g/mol. The number of alkyl halides is 2. The number of amides is 1. The number of carbonyl (C=O) groups is 1. The van der Waals surface area contributed by atoms with Crippen LogP contribution in [0.4, 0.5) is 8.78 Å². The Morgan fingerprint density at radius 2 is 1.70 bits per heavy atom. The van der Waals surface area contributed by atoms with Crippen molar-refractivity contribution in [1.29, 1.82) is 0 Å². The van der Waals surface area contributed by atoms with E-state index in [4.69, 9.17) is 11.6 Å². The minimum atomic E-state index is -2.57. The van der Waals surface area contributed by atoms with Crippen LogP contribution in [0.2, 0.25) is 5.02 Å². The largest absolute Gasteiger partial charge is 0.350 e. The van der Waals surface area contributed by atoms with E-state index in [1.165, 1.54) is 0 Å². The Morgan fingerprint density at radius 3 is 2.30 bits per heavy atom. The van der Waals surface area contributed by atoms with Gasteiger partial charge in [-0.05, 0) is 54.7 Å². The van der Waals surface area contributed by atoms with Crippen molar-refractivity contribution in [1.82, 2.24) is 9.88 Å². The number of nitrogens with one attached hydrogen (secondary N) is 1. The second kappa shape index (κ2) is 7.22. The first-order valence-electron chi connectivity index (χ1n) is 11.0. The SMILES string of the molecule is CC(C)C1(C(C)C)CC2(CCC(F)(F)CC2)CN1C(=O)c1cc2ccc(Cl)cc2[nH]1. The number of aromatic nitrogens is 1. The standard InChI is InChI=1S/C24H31ClF2N2O/c1-15(2)24(16(3)4)13-22(7-9-23(26,27)10-8-22)14-29(24)21(30)20-11-17-5-6-18(25)12-19(17)28-20/h5-6,11-12,15-16,28H,7-10,13-14H2,1-4H3. The fourth-order valence-electron chi connectivity index (χ4n) is 6.03. The highest BCUT2D eigenvalue weighted by atomic mass is 35.5. The summed E-state index contributed by atoms with van der Waals surface area (Å²) in [6, 6.07) is 7.41. The monoisotopic (exact) mass is 436 g/mol. The van der Waals surface area contributed by atoms with Crippen molar-refractivity contribution in [3.63, 3.8) is 0 Å². The minimum absolute atomic E-state index is 0.0427. The lowest BCUT2D eigenvalue weighted by Gasteiger charge is -2.45. The number of H-pyrrole nitrogens is 1. The Hall–Kier alpha value is -1.62. The first-order chi connectivity index (χ1) is 14.0. The Bertz CT molecular complexity index is 947. The van der Waals surface area contributed by atoms with Crippen molar-refractivity contribution in [2.24, 2.45) is 17.3 Å². The third kappa shape index (κ3) is 3.43. The lowest BCUT2D eigenvalue weighted by atomic mass is 9.65. The molecule has 6 heteroatoms. The molecule has 1 aromatic carbocycles. The number of fused-ring (bicyclic) bond motifs is 1. The molecule has 3 nitrogen and oxygen atoms in total. The van der Waals surface area contributed by atoms with E-state index in [9.17, 15) is 13.6 Å². The Kier molecular flexibility index (Phi) is 5.20. The van der Waals surface area contributed by atoms with Gasteiger partial charge in [0.2, 0.25) is 5.92 Å². The molecule has 1 saturated heterocycles. The smallest absolute Gasteiger partial charge is 0.270 e. The average Bonchev–Trinajstić information content (AvgIpc) is 3.24. The molecule has 4 rings (SSSR count). The molecule has 0 radical (unpaired) electrons. The normalized spacial score (nSPS) is 22.5. The van der Waals surface area contributed by atoms with Crippen LogP contribution in [0.25, 0.3) is 10.9 Å². The number of hydrogen-bond acceptors (Lipinski definition) is 1. The highest BCUT2D eigenvalue weighted by Gasteiger charge is 2.59. The van der Waals surface area contributed by atoms with E-state index in [2.05, 4.69) is 32.7 Å². The minimum Gasteiger partial charge on any atom is -0.350 e. The fraction of sp³-hybridized carbons (Fsp3) is 0.625. The topological polar surface area (TPSA) is 36.1 Å². The van der Waals surface area contributed by atoms with Crippen molar-refractivity contribution in [3.05, 3.63) is 35.0 Å². The molecule has 2 heterocycles. The number of aromatic amines is 1. The van der Waals surface area contributed by atoms with Gasteiger partial charge in [-0.2, -0.15) is 0 Å². The molecule has 2 aliphatic rings. The van der Waals surface area contributed by atoms with Crippen molar-refractivity contribution < 1.29 is 13.6 Å². The maximum atomic E-state index is 13.9. The number of carbonyl (C=O) groups excluding carboxylic acids is 1.